The molecule has 1 unspecified atom stereocenters. The van der Waals surface area contributed by atoms with Crippen LogP contribution in [0.1, 0.15) is 61.4 Å². The number of hydrogen-bond acceptors (Lipinski definition) is 5. The molecule has 0 heterocycles. The molecule has 5 nitrogen and oxygen atoms in total. The molecule has 146 valence electrons. The number of halogens is 2. The number of rotatable bonds is 8. The number of hydrogen-bond donors (Lipinski definition) is 3. The number of anilines is 1. The molecule has 0 aliphatic heterocycles. The maximum atomic E-state index is 12.2. The van der Waals surface area contributed by atoms with Crippen LogP contribution in [0.5, 0.6) is 0 Å². The SMILES string of the molecule is CCC1(NCc2cc(C(=O)OCC(O)CCl)cc(Br)c2N)CCCCC1. The summed E-state index contributed by atoms with van der Waals surface area (Å²) in [4.78, 5) is 12.2. The first-order chi connectivity index (χ1) is 12.4. The van der Waals surface area contributed by atoms with E-state index in [9.17, 15) is 9.90 Å². The van der Waals surface area contributed by atoms with Crippen LogP contribution < -0.4 is 11.1 Å². The van der Waals surface area contributed by atoms with Crippen LogP contribution in [-0.2, 0) is 11.3 Å². The van der Waals surface area contributed by atoms with Gasteiger partial charge in [-0.2, -0.15) is 0 Å². The summed E-state index contributed by atoms with van der Waals surface area (Å²) >= 11 is 8.95. The van der Waals surface area contributed by atoms with Gasteiger partial charge in [-0.15, -0.1) is 11.6 Å². The molecule has 0 amide bonds. The first kappa shape index (κ1) is 21.5. The van der Waals surface area contributed by atoms with Crippen molar-refractivity contribution in [3.8, 4) is 0 Å². The highest BCUT2D eigenvalue weighted by Gasteiger charge is 2.29. The van der Waals surface area contributed by atoms with Crippen molar-refractivity contribution in [2.24, 2.45) is 0 Å². The number of esters is 1. The minimum Gasteiger partial charge on any atom is -0.459 e. The Balaban J connectivity index is 2.10. The van der Waals surface area contributed by atoms with Crippen molar-refractivity contribution in [2.75, 3.05) is 18.2 Å². The van der Waals surface area contributed by atoms with E-state index in [4.69, 9.17) is 22.1 Å². The van der Waals surface area contributed by atoms with Crippen molar-refractivity contribution >= 4 is 39.2 Å². The molecule has 1 aromatic carbocycles. The molecule has 7 heteroatoms. The second-order valence-corrected chi connectivity index (χ2v) is 8.15. The van der Waals surface area contributed by atoms with Crippen molar-refractivity contribution in [3.63, 3.8) is 0 Å². The largest absolute Gasteiger partial charge is 0.459 e. The summed E-state index contributed by atoms with van der Waals surface area (Å²) < 4.78 is 5.77. The molecule has 1 fully saturated rings. The lowest BCUT2D eigenvalue weighted by atomic mass is 9.79. The van der Waals surface area contributed by atoms with E-state index in [-0.39, 0.29) is 18.0 Å². The minimum absolute atomic E-state index is 0.0208. The smallest absolute Gasteiger partial charge is 0.338 e. The monoisotopic (exact) mass is 446 g/mol. The van der Waals surface area contributed by atoms with E-state index in [0.29, 0.717) is 22.3 Å². The highest BCUT2D eigenvalue weighted by atomic mass is 79.9. The summed E-state index contributed by atoms with van der Waals surface area (Å²) in [7, 11) is 0. The second-order valence-electron chi connectivity index (χ2n) is 6.99. The fraction of sp³-hybridized carbons (Fsp3) is 0.632. The first-order valence-electron chi connectivity index (χ1n) is 9.15. The number of nitrogens with two attached hydrogens (primary N) is 1. The molecule has 1 aliphatic rings. The van der Waals surface area contributed by atoms with E-state index in [2.05, 4.69) is 28.2 Å². The van der Waals surface area contributed by atoms with Gasteiger partial charge < -0.3 is 20.9 Å². The highest BCUT2D eigenvalue weighted by Crippen LogP contribution is 2.32. The third-order valence-corrected chi connectivity index (χ3v) is 6.19. The van der Waals surface area contributed by atoms with Gasteiger partial charge in [0.25, 0.3) is 0 Å². The molecule has 26 heavy (non-hydrogen) atoms. The van der Waals surface area contributed by atoms with Crippen molar-refractivity contribution in [2.45, 2.75) is 63.6 Å². The Bertz CT molecular complexity index is 621. The molecular formula is C19H28BrClN2O3. The Morgan fingerprint density at radius 2 is 2.12 bits per heavy atom. The Morgan fingerprint density at radius 3 is 2.73 bits per heavy atom. The average molecular weight is 448 g/mol. The number of nitrogens with one attached hydrogen (secondary N) is 1. The summed E-state index contributed by atoms with van der Waals surface area (Å²) in [6.45, 7) is 2.69. The van der Waals surface area contributed by atoms with E-state index < -0.39 is 12.1 Å². The Kier molecular flexibility index (Phi) is 8.20. The lowest BCUT2D eigenvalue weighted by Gasteiger charge is -2.38. The third-order valence-electron chi connectivity index (χ3n) is 5.18. The molecule has 0 radical (unpaired) electrons. The lowest BCUT2D eigenvalue weighted by Crippen LogP contribution is -2.45. The van der Waals surface area contributed by atoms with Gasteiger partial charge in [-0.1, -0.05) is 26.2 Å². The number of nitrogen functional groups attached to an aromatic ring is 1. The molecule has 1 aliphatic carbocycles. The molecule has 1 atom stereocenters. The van der Waals surface area contributed by atoms with Crippen molar-refractivity contribution in [3.05, 3.63) is 27.7 Å². The molecule has 0 bridgehead atoms. The predicted molar refractivity (Wildman–Crippen MR) is 109 cm³/mol. The maximum absolute atomic E-state index is 12.2. The van der Waals surface area contributed by atoms with E-state index >= 15 is 0 Å². The Morgan fingerprint density at radius 1 is 1.42 bits per heavy atom. The topological polar surface area (TPSA) is 84.6 Å². The number of benzene rings is 1. The summed E-state index contributed by atoms with van der Waals surface area (Å²) in [5.41, 5.74) is 8.24. The fourth-order valence-electron chi connectivity index (χ4n) is 3.41. The average Bonchev–Trinajstić information content (AvgIpc) is 2.67. The number of carbonyl (C=O) groups excluding carboxylic acids is 1. The van der Waals surface area contributed by atoms with E-state index in [0.717, 1.165) is 12.0 Å². The Labute approximate surface area is 168 Å². The van der Waals surface area contributed by atoms with Crippen LogP contribution >= 0.6 is 27.5 Å². The molecule has 2 rings (SSSR count). The van der Waals surface area contributed by atoms with Gasteiger partial charge in [-0.05, 0) is 52.9 Å². The van der Waals surface area contributed by atoms with Crippen LogP contribution in [0.15, 0.2) is 16.6 Å². The number of alkyl halides is 1. The summed E-state index contributed by atoms with van der Waals surface area (Å²) in [6.07, 6.45) is 6.34. The number of carbonyl (C=O) groups is 1. The first-order valence-corrected chi connectivity index (χ1v) is 10.5. The minimum atomic E-state index is -0.866. The maximum Gasteiger partial charge on any atom is 0.338 e. The molecule has 0 spiro atoms. The van der Waals surface area contributed by atoms with Crippen LogP contribution in [0, 0.1) is 0 Å². The third kappa shape index (κ3) is 5.59. The Hall–Kier alpha value is -0.820. The van der Waals surface area contributed by atoms with Gasteiger partial charge in [0.15, 0.2) is 0 Å². The van der Waals surface area contributed by atoms with Gasteiger partial charge in [0.05, 0.1) is 17.1 Å². The molecule has 1 saturated carbocycles. The molecule has 4 N–H and O–H groups in total. The summed E-state index contributed by atoms with van der Waals surface area (Å²) in [6, 6.07) is 3.40. The molecule has 0 saturated heterocycles. The van der Waals surface area contributed by atoms with Crippen molar-refractivity contribution < 1.29 is 14.6 Å². The van der Waals surface area contributed by atoms with Gasteiger partial charge in [0.2, 0.25) is 0 Å². The van der Waals surface area contributed by atoms with Gasteiger partial charge >= 0.3 is 5.97 Å². The number of ether oxygens (including phenoxy) is 1. The van der Waals surface area contributed by atoms with Crippen LogP contribution in [0.2, 0.25) is 0 Å². The number of aliphatic hydroxyl groups is 1. The fourth-order valence-corrected chi connectivity index (χ4v) is 4.00. The molecular weight excluding hydrogens is 420 g/mol. The molecule has 0 aromatic heterocycles. The lowest BCUT2D eigenvalue weighted by molar-refractivity contribution is 0.0303. The zero-order chi connectivity index (χ0) is 19.2. The van der Waals surface area contributed by atoms with Crippen molar-refractivity contribution in [1.82, 2.24) is 5.32 Å². The second kappa shape index (κ2) is 9.93. The standard InChI is InChI=1S/C19H28BrClN2O3/c1-2-19(6-4-3-5-7-19)23-11-14-8-13(9-16(20)17(14)22)18(25)26-12-15(24)10-21/h8-9,15,23-24H,2-7,10-12,22H2,1H3. The predicted octanol–water partition coefficient (Wildman–Crippen LogP) is 3.99. The van der Waals surface area contributed by atoms with Crippen LogP contribution in [0.3, 0.4) is 0 Å². The van der Waals surface area contributed by atoms with Gasteiger partial charge in [0.1, 0.15) is 12.7 Å². The van der Waals surface area contributed by atoms with Gasteiger partial charge in [-0.25, -0.2) is 4.79 Å². The van der Waals surface area contributed by atoms with E-state index in [1.165, 1.54) is 32.1 Å². The van der Waals surface area contributed by atoms with E-state index in [1.807, 2.05) is 0 Å². The quantitative estimate of drug-likeness (QED) is 0.319. The van der Waals surface area contributed by atoms with E-state index in [1.54, 1.807) is 12.1 Å². The van der Waals surface area contributed by atoms with Crippen LogP contribution in [0.25, 0.3) is 0 Å². The van der Waals surface area contributed by atoms with Crippen LogP contribution in [0.4, 0.5) is 5.69 Å². The van der Waals surface area contributed by atoms with Crippen LogP contribution in [-0.4, -0.2) is 35.2 Å². The zero-order valence-electron chi connectivity index (χ0n) is 15.2. The number of aliphatic hydroxyl groups excluding tert-OH is 1. The van der Waals surface area contributed by atoms with Gasteiger partial charge in [-0.3, -0.25) is 0 Å². The summed E-state index contributed by atoms with van der Waals surface area (Å²) in [5.74, 6) is -0.480. The normalized spacial score (nSPS) is 17.7. The van der Waals surface area contributed by atoms with Gasteiger partial charge in [0, 0.05) is 16.6 Å². The van der Waals surface area contributed by atoms with Crippen molar-refractivity contribution in [1.29, 1.82) is 0 Å². The molecule has 1 aromatic rings. The summed E-state index contributed by atoms with van der Waals surface area (Å²) in [5, 5.41) is 13.1. The highest BCUT2D eigenvalue weighted by molar-refractivity contribution is 9.10. The zero-order valence-corrected chi connectivity index (χ0v) is 17.5.